The fourth-order valence-electron chi connectivity index (χ4n) is 3.36. The lowest BCUT2D eigenvalue weighted by Gasteiger charge is -2.36. The number of hydrogen-bond acceptors (Lipinski definition) is 3. The van der Waals surface area contributed by atoms with Crippen molar-refractivity contribution in [2.75, 3.05) is 18.4 Å². The summed E-state index contributed by atoms with van der Waals surface area (Å²) in [4.78, 5) is 37.3. The van der Waals surface area contributed by atoms with Crippen molar-refractivity contribution in [2.24, 2.45) is 11.8 Å². The Kier molecular flexibility index (Phi) is 5.21. The lowest BCUT2D eigenvalue weighted by molar-refractivity contribution is -0.143. The molecule has 0 spiro atoms. The fourth-order valence-corrected chi connectivity index (χ4v) is 3.36. The Bertz CT molecular complexity index is 649. The van der Waals surface area contributed by atoms with E-state index < -0.39 is 17.8 Å². The Labute approximate surface area is 146 Å². The summed E-state index contributed by atoms with van der Waals surface area (Å²) in [5, 5.41) is 14.6. The minimum Gasteiger partial charge on any atom is -0.481 e. The van der Waals surface area contributed by atoms with Crippen LogP contribution in [0.2, 0.25) is 0 Å². The van der Waals surface area contributed by atoms with Crippen LogP contribution in [-0.2, 0) is 9.59 Å². The van der Waals surface area contributed by atoms with Gasteiger partial charge in [-0.05, 0) is 37.8 Å². The standard InChI is InChI=1S/C18H23N3O4/c22-16(14-10-15(14)17(23)24)21-9-5-4-8-13(21)11-19-18(25)20-12-6-2-1-3-7-12/h1-3,6-7,13-15H,4-5,8-11H2,(H,23,24)(H2,19,20,25)/t13?,14-,15-/m1/s1. The van der Waals surface area contributed by atoms with Gasteiger partial charge in [0.2, 0.25) is 5.91 Å². The maximum Gasteiger partial charge on any atom is 0.319 e. The monoisotopic (exact) mass is 345 g/mol. The summed E-state index contributed by atoms with van der Waals surface area (Å²) in [7, 11) is 0. The third-order valence-electron chi connectivity index (χ3n) is 4.86. The first-order chi connectivity index (χ1) is 12.1. The molecule has 0 radical (unpaired) electrons. The number of hydrogen-bond donors (Lipinski definition) is 3. The van der Waals surface area contributed by atoms with Gasteiger partial charge in [0.1, 0.15) is 0 Å². The Morgan fingerprint density at radius 1 is 1.12 bits per heavy atom. The van der Waals surface area contributed by atoms with Gasteiger partial charge in [-0.3, -0.25) is 9.59 Å². The van der Waals surface area contributed by atoms with Crippen LogP contribution < -0.4 is 10.6 Å². The van der Waals surface area contributed by atoms with Crippen LogP contribution in [0.25, 0.3) is 0 Å². The number of para-hydroxylation sites is 1. The zero-order valence-electron chi connectivity index (χ0n) is 14.0. The zero-order valence-corrected chi connectivity index (χ0v) is 14.0. The molecule has 1 aromatic carbocycles. The van der Waals surface area contributed by atoms with Crippen LogP contribution in [0, 0.1) is 11.8 Å². The maximum absolute atomic E-state index is 12.6. The highest BCUT2D eigenvalue weighted by Crippen LogP contribution is 2.41. The molecule has 3 amide bonds. The van der Waals surface area contributed by atoms with Gasteiger partial charge in [-0.1, -0.05) is 18.2 Å². The summed E-state index contributed by atoms with van der Waals surface area (Å²) in [6.07, 6.45) is 3.17. The number of likely N-dealkylation sites (tertiary alicyclic amines) is 1. The van der Waals surface area contributed by atoms with E-state index in [0.717, 1.165) is 19.3 Å². The topological polar surface area (TPSA) is 98.7 Å². The van der Waals surface area contributed by atoms with E-state index >= 15 is 0 Å². The molecule has 7 heteroatoms. The van der Waals surface area contributed by atoms with Crippen molar-refractivity contribution in [3.63, 3.8) is 0 Å². The van der Waals surface area contributed by atoms with Crippen molar-refractivity contribution >= 4 is 23.6 Å². The number of nitrogens with zero attached hydrogens (tertiary/aromatic N) is 1. The molecule has 3 atom stereocenters. The largest absolute Gasteiger partial charge is 0.481 e. The Morgan fingerprint density at radius 2 is 1.88 bits per heavy atom. The number of aliphatic carboxylic acids is 1. The van der Waals surface area contributed by atoms with Crippen LogP contribution in [0.4, 0.5) is 10.5 Å². The number of anilines is 1. The molecular weight excluding hydrogens is 322 g/mol. The van der Waals surface area contributed by atoms with Crippen molar-refractivity contribution in [3.8, 4) is 0 Å². The number of carbonyl (C=O) groups excluding carboxylic acids is 2. The van der Waals surface area contributed by atoms with Crippen LogP contribution in [0.1, 0.15) is 25.7 Å². The molecule has 1 saturated carbocycles. The number of piperidine rings is 1. The second-order valence-corrected chi connectivity index (χ2v) is 6.67. The normalized spacial score (nSPS) is 25.1. The molecule has 2 aliphatic rings. The molecule has 0 aromatic heterocycles. The fraction of sp³-hybridized carbons (Fsp3) is 0.500. The van der Waals surface area contributed by atoms with E-state index in [2.05, 4.69) is 10.6 Å². The van der Waals surface area contributed by atoms with Crippen molar-refractivity contribution in [2.45, 2.75) is 31.7 Å². The van der Waals surface area contributed by atoms with Crippen LogP contribution in [0.3, 0.4) is 0 Å². The number of urea groups is 1. The highest BCUT2D eigenvalue weighted by atomic mass is 16.4. The Morgan fingerprint density at radius 3 is 2.56 bits per heavy atom. The zero-order chi connectivity index (χ0) is 17.8. The number of benzene rings is 1. The van der Waals surface area contributed by atoms with E-state index in [4.69, 9.17) is 5.11 Å². The van der Waals surface area contributed by atoms with Crippen LogP contribution in [0.5, 0.6) is 0 Å². The minimum absolute atomic E-state index is 0.0715. The first kappa shape index (κ1) is 17.3. The van der Waals surface area contributed by atoms with Crippen LogP contribution in [0.15, 0.2) is 30.3 Å². The van der Waals surface area contributed by atoms with E-state index in [-0.39, 0.29) is 18.0 Å². The molecule has 25 heavy (non-hydrogen) atoms. The second-order valence-electron chi connectivity index (χ2n) is 6.67. The number of carboxylic acids is 1. The molecule has 3 rings (SSSR count). The molecule has 1 saturated heterocycles. The van der Waals surface area contributed by atoms with Gasteiger partial charge in [0.25, 0.3) is 0 Å². The summed E-state index contributed by atoms with van der Waals surface area (Å²) in [5.41, 5.74) is 0.707. The van der Waals surface area contributed by atoms with Gasteiger partial charge in [0, 0.05) is 24.8 Å². The van der Waals surface area contributed by atoms with Gasteiger partial charge in [-0.15, -0.1) is 0 Å². The summed E-state index contributed by atoms with van der Waals surface area (Å²) in [6, 6.07) is 8.77. The smallest absolute Gasteiger partial charge is 0.319 e. The van der Waals surface area contributed by atoms with Gasteiger partial charge in [0.15, 0.2) is 0 Å². The van der Waals surface area contributed by atoms with E-state index in [1.165, 1.54) is 0 Å². The number of amides is 3. The van der Waals surface area contributed by atoms with E-state index in [0.29, 0.717) is 25.2 Å². The second kappa shape index (κ2) is 7.55. The van der Waals surface area contributed by atoms with Crippen molar-refractivity contribution in [1.82, 2.24) is 10.2 Å². The van der Waals surface area contributed by atoms with Crippen LogP contribution >= 0.6 is 0 Å². The van der Waals surface area contributed by atoms with Gasteiger partial charge < -0.3 is 20.6 Å². The molecule has 7 nitrogen and oxygen atoms in total. The van der Waals surface area contributed by atoms with E-state index in [9.17, 15) is 14.4 Å². The molecule has 134 valence electrons. The highest BCUT2D eigenvalue weighted by molar-refractivity contribution is 5.90. The van der Waals surface area contributed by atoms with Gasteiger partial charge in [-0.25, -0.2) is 4.79 Å². The third kappa shape index (κ3) is 4.29. The molecule has 1 aliphatic heterocycles. The van der Waals surface area contributed by atoms with Gasteiger partial charge >= 0.3 is 12.0 Å². The molecule has 1 aromatic rings. The Balaban J connectivity index is 1.52. The summed E-state index contributed by atoms with van der Waals surface area (Å²) in [6.45, 7) is 1.00. The van der Waals surface area contributed by atoms with Crippen LogP contribution in [-0.4, -0.2) is 47.0 Å². The average molecular weight is 345 g/mol. The number of rotatable bonds is 5. The predicted octanol–water partition coefficient (Wildman–Crippen LogP) is 1.91. The maximum atomic E-state index is 12.6. The molecular formula is C18H23N3O4. The first-order valence-electron chi connectivity index (χ1n) is 8.69. The summed E-state index contributed by atoms with van der Waals surface area (Å²) >= 11 is 0. The molecule has 2 fully saturated rings. The average Bonchev–Trinajstić information content (AvgIpc) is 3.41. The minimum atomic E-state index is -0.896. The highest BCUT2D eigenvalue weighted by Gasteiger charge is 2.50. The number of carboxylic acid groups (broad SMARTS) is 1. The number of carbonyl (C=O) groups is 3. The lowest BCUT2D eigenvalue weighted by atomic mass is 10.0. The van der Waals surface area contributed by atoms with E-state index in [1.807, 2.05) is 18.2 Å². The van der Waals surface area contributed by atoms with Crippen molar-refractivity contribution in [3.05, 3.63) is 30.3 Å². The quantitative estimate of drug-likeness (QED) is 0.759. The predicted molar refractivity (Wildman–Crippen MR) is 92.0 cm³/mol. The van der Waals surface area contributed by atoms with Gasteiger partial charge in [-0.2, -0.15) is 0 Å². The molecule has 0 bridgehead atoms. The molecule has 3 N–H and O–H groups in total. The summed E-state index contributed by atoms with van der Waals surface area (Å²) in [5.74, 6) is -1.91. The van der Waals surface area contributed by atoms with Gasteiger partial charge in [0.05, 0.1) is 11.8 Å². The van der Waals surface area contributed by atoms with E-state index in [1.54, 1.807) is 17.0 Å². The number of nitrogens with one attached hydrogen (secondary N) is 2. The lowest BCUT2D eigenvalue weighted by Crippen LogP contribution is -2.50. The Hall–Kier alpha value is -2.57. The molecule has 1 aliphatic carbocycles. The summed E-state index contributed by atoms with van der Waals surface area (Å²) < 4.78 is 0. The molecule has 1 heterocycles. The van der Waals surface area contributed by atoms with Crippen molar-refractivity contribution < 1.29 is 19.5 Å². The first-order valence-corrected chi connectivity index (χ1v) is 8.69. The van der Waals surface area contributed by atoms with Crippen molar-refractivity contribution in [1.29, 1.82) is 0 Å². The third-order valence-corrected chi connectivity index (χ3v) is 4.86. The SMILES string of the molecule is O=C(NCC1CCCCN1C(=O)[C@@H]1C[C@H]1C(=O)O)Nc1ccccc1. The molecule has 1 unspecified atom stereocenters.